The van der Waals surface area contributed by atoms with E-state index in [-0.39, 0.29) is 33.1 Å². The number of hydrogen-bond acceptors (Lipinski definition) is 4. The van der Waals surface area contributed by atoms with Crippen molar-refractivity contribution in [1.82, 2.24) is 4.98 Å². The molecular weight excluding hydrogens is 297 g/mol. The Labute approximate surface area is 117 Å². The fourth-order valence-corrected chi connectivity index (χ4v) is 2.12. The fourth-order valence-electron chi connectivity index (χ4n) is 1.85. The Kier molecular flexibility index (Phi) is 3.56. The Morgan fingerprint density at radius 2 is 1.85 bits per heavy atom. The molecule has 0 radical (unpaired) electrons. The highest BCUT2D eigenvalue weighted by molar-refractivity contribution is 6.34. The van der Waals surface area contributed by atoms with Gasteiger partial charge in [0.05, 0.1) is 24.6 Å². The number of aromatic nitrogens is 1. The molecule has 108 valence electrons. The molecule has 0 amide bonds. The number of nitrogens with zero attached hydrogens (tertiary/aromatic N) is 1. The highest BCUT2D eigenvalue weighted by atomic mass is 35.5. The van der Waals surface area contributed by atoms with Crippen molar-refractivity contribution in [3.05, 3.63) is 22.8 Å². The van der Waals surface area contributed by atoms with E-state index >= 15 is 0 Å². The van der Waals surface area contributed by atoms with Gasteiger partial charge in [0.1, 0.15) is 22.7 Å². The maximum Gasteiger partial charge on any atom is 0.433 e. The van der Waals surface area contributed by atoms with E-state index in [1.165, 1.54) is 20.3 Å². The molecular formula is C12H10ClF3N2O2. The van der Waals surface area contributed by atoms with Crippen LogP contribution >= 0.6 is 11.6 Å². The lowest BCUT2D eigenvalue weighted by molar-refractivity contribution is -0.140. The monoisotopic (exact) mass is 306 g/mol. The van der Waals surface area contributed by atoms with Crippen molar-refractivity contribution in [2.45, 2.75) is 6.18 Å². The summed E-state index contributed by atoms with van der Waals surface area (Å²) in [6, 6.07) is 2.07. The number of anilines is 1. The summed E-state index contributed by atoms with van der Waals surface area (Å²) in [6.07, 6.45) is -4.61. The molecule has 0 saturated heterocycles. The molecule has 0 spiro atoms. The van der Waals surface area contributed by atoms with Crippen LogP contribution in [0.3, 0.4) is 0 Å². The molecule has 1 aromatic heterocycles. The van der Waals surface area contributed by atoms with Gasteiger partial charge < -0.3 is 15.2 Å². The maximum absolute atomic E-state index is 12.8. The Bertz CT molecular complexity index is 674. The SMILES string of the molecule is COc1cc(Cl)c(OC)c2c(N)cc(C(F)(F)F)nc12. The average molecular weight is 307 g/mol. The highest BCUT2D eigenvalue weighted by Crippen LogP contribution is 2.43. The van der Waals surface area contributed by atoms with Crippen LogP contribution in [0.2, 0.25) is 5.02 Å². The molecule has 0 aliphatic rings. The van der Waals surface area contributed by atoms with Gasteiger partial charge in [-0.25, -0.2) is 4.98 Å². The first-order valence-corrected chi connectivity index (χ1v) is 5.75. The minimum Gasteiger partial charge on any atom is -0.494 e. The molecule has 0 aliphatic heterocycles. The summed E-state index contributed by atoms with van der Waals surface area (Å²) in [4.78, 5) is 3.56. The van der Waals surface area contributed by atoms with Crippen molar-refractivity contribution in [1.29, 1.82) is 0 Å². The predicted octanol–water partition coefficient (Wildman–Crippen LogP) is 3.51. The number of fused-ring (bicyclic) bond motifs is 1. The molecule has 2 N–H and O–H groups in total. The van der Waals surface area contributed by atoms with E-state index in [2.05, 4.69) is 4.98 Å². The van der Waals surface area contributed by atoms with Crippen molar-refractivity contribution >= 4 is 28.2 Å². The van der Waals surface area contributed by atoms with Crippen LogP contribution in [0.4, 0.5) is 18.9 Å². The van der Waals surface area contributed by atoms with E-state index in [0.29, 0.717) is 0 Å². The number of nitrogens with two attached hydrogens (primary N) is 1. The molecule has 0 bridgehead atoms. The van der Waals surface area contributed by atoms with Gasteiger partial charge in [0.15, 0.2) is 0 Å². The maximum atomic E-state index is 12.8. The van der Waals surface area contributed by atoms with Gasteiger partial charge in [-0.2, -0.15) is 13.2 Å². The zero-order valence-electron chi connectivity index (χ0n) is 10.5. The van der Waals surface area contributed by atoms with Crippen molar-refractivity contribution < 1.29 is 22.6 Å². The van der Waals surface area contributed by atoms with E-state index in [4.69, 9.17) is 26.8 Å². The second-order valence-electron chi connectivity index (χ2n) is 3.91. The van der Waals surface area contributed by atoms with E-state index < -0.39 is 11.9 Å². The second-order valence-corrected chi connectivity index (χ2v) is 4.32. The Hall–Kier alpha value is -1.89. The van der Waals surface area contributed by atoms with Gasteiger partial charge in [-0.05, 0) is 6.07 Å². The number of pyridine rings is 1. The molecule has 2 aromatic rings. The van der Waals surface area contributed by atoms with Gasteiger partial charge in [-0.15, -0.1) is 0 Å². The normalized spacial score (nSPS) is 11.7. The Morgan fingerprint density at radius 1 is 1.20 bits per heavy atom. The topological polar surface area (TPSA) is 57.4 Å². The van der Waals surface area contributed by atoms with Crippen molar-refractivity contribution in [2.75, 3.05) is 20.0 Å². The lowest BCUT2D eigenvalue weighted by Crippen LogP contribution is -2.10. The van der Waals surface area contributed by atoms with Gasteiger partial charge in [0.25, 0.3) is 0 Å². The Balaban J connectivity index is 2.92. The number of halogens is 4. The van der Waals surface area contributed by atoms with Gasteiger partial charge in [-0.1, -0.05) is 11.6 Å². The zero-order valence-corrected chi connectivity index (χ0v) is 11.3. The highest BCUT2D eigenvalue weighted by Gasteiger charge is 2.34. The molecule has 0 atom stereocenters. The van der Waals surface area contributed by atoms with Crippen molar-refractivity contribution in [2.24, 2.45) is 0 Å². The minimum absolute atomic E-state index is 0.0546. The summed E-state index contributed by atoms with van der Waals surface area (Å²) < 4.78 is 48.4. The lowest BCUT2D eigenvalue weighted by Gasteiger charge is -2.15. The summed E-state index contributed by atoms with van der Waals surface area (Å²) in [5.74, 6) is 0.241. The van der Waals surface area contributed by atoms with Gasteiger partial charge >= 0.3 is 6.18 Å². The molecule has 1 aromatic carbocycles. The number of rotatable bonds is 2. The summed E-state index contributed by atoms with van der Waals surface area (Å²) in [6.45, 7) is 0. The Morgan fingerprint density at radius 3 is 2.35 bits per heavy atom. The largest absolute Gasteiger partial charge is 0.494 e. The van der Waals surface area contributed by atoms with Gasteiger partial charge in [-0.3, -0.25) is 0 Å². The second kappa shape index (κ2) is 4.90. The molecule has 2 rings (SSSR count). The molecule has 0 unspecified atom stereocenters. The van der Waals surface area contributed by atoms with Crippen LogP contribution in [0.15, 0.2) is 12.1 Å². The fraction of sp³-hybridized carbons (Fsp3) is 0.250. The molecule has 4 nitrogen and oxygen atoms in total. The number of nitrogen functional groups attached to an aromatic ring is 1. The van der Waals surface area contributed by atoms with E-state index in [0.717, 1.165) is 6.07 Å². The molecule has 1 heterocycles. The van der Waals surface area contributed by atoms with E-state index in [9.17, 15) is 13.2 Å². The molecule has 8 heteroatoms. The first-order valence-electron chi connectivity index (χ1n) is 5.37. The number of hydrogen-bond donors (Lipinski definition) is 1. The standard InChI is InChI=1S/C12H10ClF3N2O2/c1-19-7-3-5(13)11(20-2)9-6(17)4-8(12(14,15)16)18-10(7)9/h3-4H,1-2H3,(H2,17,18). The number of benzene rings is 1. The molecule has 0 saturated carbocycles. The third-order valence-corrected chi connectivity index (χ3v) is 2.98. The number of methoxy groups -OCH3 is 2. The number of alkyl halides is 3. The van der Waals surface area contributed by atoms with Crippen LogP contribution in [0.25, 0.3) is 10.9 Å². The van der Waals surface area contributed by atoms with Crippen LogP contribution in [0.5, 0.6) is 11.5 Å². The average Bonchev–Trinajstić information content (AvgIpc) is 2.37. The quantitative estimate of drug-likeness (QED) is 0.922. The molecule has 0 aliphatic carbocycles. The molecule has 0 fully saturated rings. The first-order chi connectivity index (χ1) is 9.29. The van der Waals surface area contributed by atoms with E-state index in [1.807, 2.05) is 0 Å². The minimum atomic E-state index is -4.61. The van der Waals surface area contributed by atoms with Crippen LogP contribution in [0, 0.1) is 0 Å². The first kappa shape index (κ1) is 14.5. The summed E-state index contributed by atoms with van der Waals surface area (Å²) >= 11 is 5.98. The predicted molar refractivity (Wildman–Crippen MR) is 69.3 cm³/mol. The summed E-state index contributed by atoms with van der Waals surface area (Å²) in [7, 11) is 2.64. The molecule has 20 heavy (non-hydrogen) atoms. The van der Waals surface area contributed by atoms with Gasteiger partial charge in [0.2, 0.25) is 0 Å². The van der Waals surface area contributed by atoms with Crippen molar-refractivity contribution in [3.63, 3.8) is 0 Å². The summed E-state index contributed by atoms with van der Waals surface area (Å²) in [5, 5.41) is 0.356. The van der Waals surface area contributed by atoms with Crippen molar-refractivity contribution in [3.8, 4) is 11.5 Å². The van der Waals surface area contributed by atoms with Crippen LogP contribution < -0.4 is 15.2 Å². The third kappa shape index (κ3) is 2.29. The van der Waals surface area contributed by atoms with Gasteiger partial charge in [0, 0.05) is 11.8 Å². The van der Waals surface area contributed by atoms with Crippen LogP contribution in [-0.4, -0.2) is 19.2 Å². The summed E-state index contributed by atoms with van der Waals surface area (Å²) in [5.41, 5.74) is 4.39. The van der Waals surface area contributed by atoms with Crippen LogP contribution in [-0.2, 0) is 6.18 Å². The lowest BCUT2D eigenvalue weighted by atomic mass is 10.1. The number of ether oxygens (including phenoxy) is 2. The smallest absolute Gasteiger partial charge is 0.433 e. The third-order valence-electron chi connectivity index (χ3n) is 2.70. The van der Waals surface area contributed by atoms with Crippen LogP contribution in [0.1, 0.15) is 5.69 Å². The van der Waals surface area contributed by atoms with E-state index in [1.54, 1.807) is 0 Å². The zero-order chi connectivity index (χ0) is 15.1.